The first-order valence-corrected chi connectivity index (χ1v) is 35.8. The molecule has 2 aromatic heterocycles. The molecule has 16 heteroatoms. The van der Waals surface area contributed by atoms with Gasteiger partial charge < -0.3 is 41.0 Å². The van der Waals surface area contributed by atoms with Gasteiger partial charge in [0.1, 0.15) is 11.6 Å². The van der Waals surface area contributed by atoms with Crippen molar-refractivity contribution in [3.05, 3.63) is 167 Å². The molecule has 0 unspecified atom stereocenters. The number of nitrogens with two attached hydrogens (primary N) is 2. The maximum Gasteiger partial charge on any atom is 0.240 e. The fourth-order valence-corrected chi connectivity index (χ4v) is 14.4. The van der Waals surface area contributed by atoms with Crippen molar-refractivity contribution in [2.45, 2.75) is 195 Å². The normalized spacial score (nSPS) is 21.9. The zero-order valence-electron chi connectivity index (χ0n) is 58.6. The SMILES string of the molecule is Cc1ccc(-c2ccc(C3=CN=C([C@@H]4CCCN4C(=O)[C@@H](N)C(C)C)C3)cc2)cc1.Cc1ccc(-c2ccc(C3=CN=C([C@@H]4CCCN4C(=O)[C@@H](N)C4CC4)C3)cc2)cc1.Cc1cnc([C@@H]2CCCN2C(=O)[C@@H](C)C(C)C)[nH]1.Cc1cnc([C@@H]2CCCN2C(=O)[C@@H](C)C2CC2)[nH]1. The van der Waals surface area contributed by atoms with E-state index in [0.717, 1.165) is 138 Å². The van der Waals surface area contributed by atoms with E-state index in [9.17, 15) is 19.2 Å². The van der Waals surface area contributed by atoms with E-state index in [1.165, 1.54) is 68.5 Å². The molecular formula is C80H104N12O4. The number of aryl methyl sites for hydroxylation is 4. The maximum absolute atomic E-state index is 12.9. The molecule has 0 radical (unpaired) electrons. The van der Waals surface area contributed by atoms with E-state index >= 15 is 0 Å². The number of hydrogen-bond donors (Lipinski definition) is 4. The summed E-state index contributed by atoms with van der Waals surface area (Å²) >= 11 is 0. The van der Waals surface area contributed by atoms with E-state index in [1.54, 1.807) is 0 Å². The van der Waals surface area contributed by atoms with Gasteiger partial charge in [0, 0.05) is 98.5 Å². The van der Waals surface area contributed by atoms with Gasteiger partial charge in [0.05, 0.1) is 36.3 Å². The van der Waals surface area contributed by atoms with Gasteiger partial charge in [-0.3, -0.25) is 29.2 Å². The Morgan fingerprint density at radius 3 is 1.15 bits per heavy atom. The third-order valence-corrected chi connectivity index (χ3v) is 21.3. The summed E-state index contributed by atoms with van der Waals surface area (Å²) in [5.41, 5.74) is 29.0. The Kier molecular flexibility index (Phi) is 22.4. The molecule has 508 valence electrons. The molecule has 96 heavy (non-hydrogen) atoms. The van der Waals surface area contributed by atoms with E-state index in [1.807, 2.05) is 79.0 Å². The van der Waals surface area contributed by atoms with Gasteiger partial charge in [0.25, 0.3) is 0 Å². The molecule has 4 aromatic carbocycles. The Hall–Kier alpha value is -8.08. The smallest absolute Gasteiger partial charge is 0.240 e. The van der Waals surface area contributed by atoms with Crippen LogP contribution in [0.3, 0.4) is 0 Å². The van der Waals surface area contributed by atoms with Crippen molar-refractivity contribution >= 4 is 46.2 Å². The Balaban J connectivity index is 0.000000134. The lowest BCUT2D eigenvalue weighted by Gasteiger charge is -2.29. The highest BCUT2D eigenvalue weighted by atomic mass is 16.2. The predicted molar refractivity (Wildman–Crippen MR) is 386 cm³/mol. The van der Waals surface area contributed by atoms with Crippen molar-refractivity contribution in [2.75, 3.05) is 26.2 Å². The number of amides is 4. The van der Waals surface area contributed by atoms with Crippen LogP contribution in [0.1, 0.15) is 189 Å². The Labute approximate surface area is 570 Å². The van der Waals surface area contributed by atoms with Gasteiger partial charge >= 0.3 is 0 Å². The molecule has 0 bridgehead atoms. The second-order valence-corrected chi connectivity index (χ2v) is 29.2. The van der Waals surface area contributed by atoms with Crippen LogP contribution in [0.25, 0.3) is 33.4 Å². The number of benzene rings is 4. The van der Waals surface area contributed by atoms with Crippen LogP contribution in [0.2, 0.25) is 0 Å². The summed E-state index contributed by atoms with van der Waals surface area (Å²) in [6.07, 6.45) is 22.1. The lowest BCUT2D eigenvalue weighted by Crippen LogP contribution is -2.50. The molecule has 8 atom stereocenters. The maximum atomic E-state index is 12.9. The Morgan fingerprint density at radius 2 is 0.781 bits per heavy atom. The van der Waals surface area contributed by atoms with Crippen LogP contribution < -0.4 is 11.5 Å². The van der Waals surface area contributed by atoms with Crippen LogP contribution in [0.5, 0.6) is 0 Å². The Morgan fingerprint density at radius 1 is 0.427 bits per heavy atom. The second-order valence-electron chi connectivity index (χ2n) is 29.2. The summed E-state index contributed by atoms with van der Waals surface area (Å²) in [6.45, 7) is 23.9. The molecule has 2 saturated carbocycles. The first kappa shape index (κ1) is 69.3. The summed E-state index contributed by atoms with van der Waals surface area (Å²) in [6, 6.07) is 34.4. The minimum atomic E-state index is -0.436. The van der Waals surface area contributed by atoms with Crippen molar-refractivity contribution in [1.29, 1.82) is 0 Å². The lowest BCUT2D eigenvalue weighted by atomic mass is 9.96. The van der Waals surface area contributed by atoms with E-state index in [2.05, 4.69) is 152 Å². The largest absolute Gasteiger partial charge is 0.344 e. The first-order chi connectivity index (χ1) is 46.2. The monoisotopic (exact) mass is 1300 g/mol. The molecule has 2 aliphatic carbocycles. The molecule has 0 spiro atoms. The molecule has 16 nitrogen and oxygen atoms in total. The topological polar surface area (TPSA) is 215 Å². The van der Waals surface area contributed by atoms with E-state index in [4.69, 9.17) is 21.5 Å². The number of allylic oxidation sites excluding steroid dienone is 2. The van der Waals surface area contributed by atoms with Gasteiger partial charge in [-0.15, -0.1) is 0 Å². The van der Waals surface area contributed by atoms with Gasteiger partial charge in [-0.25, -0.2) is 9.97 Å². The van der Waals surface area contributed by atoms with Gasteiger partial charge in [-0.05, 0) is 173 Å². The average molecular weight is 1300 g/mol. The van der Waals surface area contributed by atoms with Crippen molar-refractivity contribution in [3.63, 3.8) is 0 Å². The van der Waals surface area contributed by atoms with E-state index in [-0.39, 0.29) is 65.7 Å². The fourth-order valence-electron chi connectivity index (χ4n) is 14.4. The van der Waals surface area contributed by atoms with Crippen molar-refractivity contribution in [2.24, 2.45) is 57.0 Å². The molecule has 4 amide bonds. The number of nitrogens with one attached hydrogen (secondary N) is 2. The summed E-state index contributed by atoms with van der Waals surface area (Å²) in [5, 5.41) is 0. The third kappa shape index (κ3) is 16.5. The molecule has 8 aliphatic rings. The van der Waals surface area contributed by atoms with Gasteiger partial charge in [-0.2, -0.15) is 0 Å². The number of rotatable bonds is 16. The molecular weight excluding hydrogens is 1190 g/mol. The molecule has 6 N–H and O–H groups in total. The summed E-state index contributed by atoms with van der Waals surface area (Å²) in [5.74, 6) is 4.52. The number of nitrogens with zero attached hydrogens (tertiary/aromatic N) is 8. The molecule has 14 rings (SSSR count). The summed E-state index contributed by atoms with van der Waals surface area (Å²) in [7, 11) is 0. The molecule has 4 saturated heterocycles. The lowest BCUT2D eigenvalue weighted by molar-refractivity contribution is -0.138. The molecule has 6 aromatic rings. The summed E-state index contributed by atoms with van der Waals surface area (Å²) < 4.78 is 0. The number of carbonyl (C=O) groups is 4. The number of aromatic amines is 2. The van der Waals surface area contributed by atoms with Crippen LogP contribution >= 0.6 is 0 Å². The van der Waals surface area contributed by atoms with Gasteiger partial charge in [0.15, 0.2) is 0 Å². The molecule has 6 aliphatic heterocycles. The summed E-state index contributed by atoms with van der Waals surface area (Å²) in [4.78, 5) is 83.5. The number of H-pyrrole nitrogens is 2. The highest BCUT2D eigenvalue weighted by molar-refractivity contribution is 6.05. The highest BCUT2D eigenvalue weighted by Gasteiger charge is 2.43. The van der Waals surface area contributed by atoms with Gasteiger partial charge in [-0.1, -0.05) is 150 Å². The van der Waals surface area contributed by atoms with E-state index < -0.39 is 6.04 Å². The first-order valence-electron chi connectivity index (χ1n) is 35.8. The van der Waals surface area contributed by atoms with E-state index in [0.29, 0.717) is 23.7 Å². The number of aromatic nitrogens is 4. The number of hydrogen-bond acceptors (Lipinski definition) is 10. The minimum Gasteiger partial charge on any atom is -0.344 e. The molecule has 8 heterocycles. The van der Waals surface area contributed by atoms with Crippen LogP contribution in [0, 0.1) is 63.2 Å². The standard InChI is InChI=1S/C26H29N3O.C26H31N3O.C14H21N3O.C14H23N3O/c1-17-4-6-18(7-5-17)19-8-10-20(11-9-19)22-15-23(28-16-22)24-3-2-14-29(24)26(30)25(27)21-12-13-21;1-17(2)25(27)26(30)29-14-4-5-24(29)23-15-22(16-28-23)21-12-10-20(11-13-21)19-8-6-18(3)7-9-19;1-9-8-15-13(16-9)12-4-3-7-17(12)14(18)10(2)11-5-6-11;1-9(2)11(4)14(18)17-7-5-6-12(17)13-15-8-10(3)16-13/h4-11,16,21,24-25H,2-3,12-15,27H2,1H3;6-13,16-17,24-25H,4-5,14-15,27H2,1-3H3;8,10-12H,3-7H2,1-2H3,(H,15,16);8-9,11-12H,5-7H2,1-4H3,(H,15,16)/t2*24-,25-;10-,12-;11-,12-/m0000/s1. The fraction of sp³-hybridized carbons (Fsp3) is 0.500. The van der Waals surface area contributed by atoms with Crippen LogP contribution in [0.15, 0.2) is 132 Å². The third-order valence-electron chi connectivity index (χ3n) is 21.3. The van der Waals surface area contributed by atoms with Crippen LogP contribution in [-0.2, 0) is 19.2 Å². The number of imidazole rings is 2. The Bertz CT molecular complexity index is 3560. The number of likely N-dealkylation sites (tertiary alicyclic amines) is 4. The second kappa shape index (κ2) is 31.0. The van der Waals surface area contributed by atoms with Crippen molar-refractivity contribution in [3.8, 4) is 22.3 Å². The quantitative estimate of drug-likeness (QED) is 0.0729. The van der Waals surface area contributed by atoms with Crippen molar-refractivity contribution in [1.82, 2.24) is 39.5 Å². The number of aliphatic imine (C=N–C) groups is 2. The van der Waals surface area contributed by atoms with Crippen LogP contribution in [-0.4, -0.2) is 125 Å². The predicted octanol–water partition coefficient (Wildman–Crippen LogP) is 14.5. The van der Waals surface area contributed by atoms with Crippen LogP contribution in [0.4, 0.5) is 0 Å². The zero-order valence-corrected chi connectivity index (χ0v) is 58.6. The van der Waals surface area contributed by atoms with Crippen molar-refractivity contribution < 1.29 is 19.2 Å². The molecule has 6 fully saturated rings. The average Bonchev–Trinajstić information content (AvgIpc) is 1.68. The highest BCUT2D eigenvalue weighted by Crippen LogP contribution is 2.41. The zero-order chi connectivity index (χ0) is 67.9. The van der Waals surface area contributed by atoms with Gasteiger partial charge in [0.2, 0.25) is 23.6 Å². The number of carbonyl (C=O) groups excluding carboxylic acids is 4. The minimum absolute atomic E-state index is 0.0612.